The summed E-state index contributed by atoms with van der Waals surface area (Å²) < 4.78 is 1.83. The van der Waals surface area contributed by atoms with E-state index in [1.165, 1.54) is 24.9 Å². The zero-order chi connectivity index (χ0) is 22.5. The third-order valence-corrected chi connectivity index (χ3v) is 6.33. The van der Waals surface area contributed by atoms with Gasteiger partial charge in [-0.15, -0.1) is 0 Å². The predicted octanol–water partition coefficient (Wildman–Crippen LogP) is 5.02. The molecule has 6 rings (SSSR count). The third-order valence-electron chi connectivity index (χ3n) is 6.33. The smallest absolute Gasteiger partial charge is 0.260 e. The van der Waals surface area contributed by atoms with Crippen LogP contribution in [-0.4, -0.2) is 30.6 Å². The van der Waals surface area contributed by atoms with Crippen molar-refractivity contribution in [2.24, 2.45) is 0 Å². The Morgan fingerprint density at radius 2 is 1.85 bits per heavy atom. The second kappa shape index (κ2) is 7.62. The number of aromatic nitrogens is 5. The molecule has 2 aliphatic rings. The SMILES string of the molecule is CC(C)n1ncnc1-c1cccc(N2Cc3ccc(-c4ccc(C5CC5)nc4)cc3C2=O)n1. The van der Waals surface area contributed by atoms with Gasteiger partial charge in [0.25, 0.3) is 5.91 Å². The molecule has 1 aromatic carbocycles. The minimum Gasteiger partial charge on any atom is -0.288 e. The van der Waals surface area contributed by atoms with Gasteiger partial charge in [0.05, 0.1) is 6.54 Å². The first-order valence-electron chi connectivity index (χ1n) is 11.4. The molecule has 164 valence electrons. The van der Waals surface area contributed by atoms with Gasteiger partial charge in [0.1, 0.15) is 17.8 Å². The van der Waals surface area contributed by atoms with E-state index in [-0.39, 0.29) is 11.9 Å². The van der Waals surface area contributed by atoms with Crippen LogP contribution in [0.1, 0.15) is 60.3 Å². The molecule has 4 aromatic rings. The Kier molecular flexibility index (Phi) is 4.57. The van der Waals surface area contributed by atoms with Crippen molar-refractivity contribution in [3.05, 3.63) is 77.9 Å². The minimum atomic E-state index is -0.0376. The summed E-state index contributed by atoms with van der Waals surface area (Å²) in [6.07, 6.45) is 5.93. The fourth-order valence-corrected chi connectivity index (χ4v) is 4.37. The summed E-state index contributed by atoms with van der Waals surface area (Å²) in [7, 11) is 0. The van der Waals surface area contributed by atoms with Gasteiger partial charge in [0.15, 0.2) is 5.82 Å². The summed E-state index contributed by atoms with van der Waals surface area (Å²) >= 11 is 0. The number of pyridine rings is 2. The van der Waals surface area contributed by atoms with Crippen LogP contribution >= 0.6 is 0 Å². The maximum Gasteiger partial charge on any atom is 0.260 e. The molecule has 1 fully saturated rings. The van der Waals surface area contributed by atoms with Gasteiger partial charge in [-0.25, -0.2) is 14.6 Å². The number of hydrogen-bond acceptors (Lipinski definition) is 5. The van der Waals surface area contributed by atoms with Gasteiger partial charge in [-0.05, 0) is 62.1 Å². The highest BCUT2D eigenvalue weighted by Crippen LogP contribution is 2.39. The third kappa shape index (κ3) is 3.50. The van der Waals surface area contributed by atoms with Crippen LogP contribution in [0.3, 0.4) is 0 Å². The van der Waals surface area contributed by atoms with Crippen molar-refractivity contribution < 1.29 is 4.79 Å². The molecule has 33 heavy (non-hydrogen) atoms. The van der Waals surface area contributed by atoms with Crippen LogP contribution in [0.5, 0.6) is 0 Å². The summed E-state index contributed by atoms with van der Waals surface area (Å²) in [4.78, 5) is 28.8. The predicted molar refractivity (Wildman–Crippen MR) is 126 cm³/mol. The second-order valence-electron chi connectivity index (χ2n) is 9.01. The molecule has 4 heterocycles. The molecule has 0 spiro atoms. The number of anilines is 1. The van der Waals surface area contributed by atoms with Gasteiger partial charge in [-0.3, -0.25) is 14.7 Å². The number of carbonyl (C=O) groups excluding carboxylic acids is 1. The average molecular weight is 437 g/mol. The Hall–Kier alpha value is -3.87. The Morgan fingerprint density at radius 3 is 2.61 bits per heavy atom. The quantitative estimate of drug-likeness (QED) is 0.439. The van der Waals surface area contributed by atoms with Crippen molar-refractivity contribution in [3.63, 3.8) is 0 Å². The molecule has 1 saturated carbocycles. The van der Waals surface area contributed by atoms with Crippen LogP contribution in [0, 0.1) is 0 Å². The number of amides is 1. The molecular formula is C26H24N6O. The van der Waals surface area contributed by atoms with Gasteiger partial charge in [-0.1, -0.05) is 24.3 Å². The molecule has 1 aliphatic carbocycles. The van der Waals surface area contributed by atoms with Crippen molar-refractivity contribution in [2.75, 3.05) is 4.90 Å². The van der Waals surface area contributed by atoms with E-state index in [0.717, 1.165) is 22.3 Å². The van der Waals surface area contributed by atoms with Crippen LogP contribution < -0.4 is 4.90 Å². The molecule has 0 N–H and O–H groups in total. The van der Waals surface area contributed by atoms with Crippen molar-refractivity contribution in [2.45, 2.75) is 45.2 Å². The van der Waals surface area contributed by atoms with E-state index in [4.69, 9.17) is 4.98 Å². The molecule has 0 radical (unpaired) electrons. The topological polar surface area (TPSA) is 76.8 Å². The Labute approximate surface area is 192 Å². The Bertz CT molecular complexity index is 1350. The van der Waals surface area contributed by atoms with Crippen molar-refractivity contribution >= 4 is 11.7 Å². The molecule has 1 amide bonds. The van der Waals surface area contributed by atoms with Crippen LogP contribution in [0.15, 0.2) is 61.1 Å². The van der Waals surface area contributed by atoms with Crippen LogP contribution in [0.25, 0.3) is 22.6 Å². The lowest BCUT2D eigenvalue weighted by molar-refractivity contribution is 0.0996. The molecule has 0 saturated heterocycles. The Balaban J connectivity index is 1.29. The van der Waals surface area contributed by atoms with Crippen molar-refractivity contribution in [1.29, 1.82) is 0 Å². The highest BCUT2D eigenvalue weighted by atomic mass is 16.2. The lowest BCUT2D eigenvalue weighted by atomic mass is 10.0. The zero-order valence-corrected chi connectivity index (χ0v) is 18.6. The number of fused-ring (bicyclic) bond motifs is 1. The van der Waals surface area contributed by atoms with E-state index in [1.807, 2.05) is 41.2 Å². The number of carbonyl (C=O) groups is 1. The number of rotatable bonds is 5. The second-order valence-corrected chi connectivity index (χ2v) is 9.01. The van der Waals surface area contributed by atoms with Crippen LogP contribution in [0.4, 0.5) is 5.82 Å². The van der Waals surface area contributed by atoms with Gasteiger partial charge in [0.2, 0.25) is 0 Å². The fourth-order valence-electron chi connectivity index (χ4n) is 4.37. The summed E-state index contributed by atoms with van der Waals surface area (Å²) in [6, 6.07) is 16.1. The molecule has 7 heteroatoms. The largest absolute Gasteiger partial charge is 0.288 e. The first-order valence-corrected chi connectivity index (χ1v) is 11.4. The lowest BCUT2D eigenvalue weighted by Gasteiger charge is -2.16. The molecule has 0 unspecified atom stereocenters. The van der Waals surface area contributed by atoms with Crippen molar-refractivity contribution in [1.82, 2.24) is 24.7 Å². The van der Waals surface area contributed by atoms with E-state index in [9.17, 15) is 4.79 Å². The highest BCUT2D eigenvalue weighted by Gasteiger charge is 2.30. The summed E-state index contributed by atoms with van der Waals surface area (Å²) in [5, 5.41) is 4.30. The standard InChI is InChI=1S/C26H24N6O/c1-16(2)32-25(28-15-29-32)23-4-3-5-24(30-23)31-14-20-9-8-18(12-21(20)26(31)33)19-10-11-22(27-13-19)17-6-7-17/h3-5,8-13,15-17H,6-7,14H2,1-2H3. The van der Waals surface area contributed by atoms with E-state index in [1.54, 1.807) is 4.90 Å². The zero-order valence-electron chi connectivity index (χ0n) is 18.6. The van der Waals surface area contributed by atoms with E-state index in [2.05, 4.69) is 47.1 Å². The maximum atomic E-state index is 13.3. The van der Waals surface area contributed by atoms with Crippen molar-refractivity contribution in [3.8, 4) is 22.6 Å². The first kappa shape index (κ1) is 19.8. The minimum absolute atomic E-state index is 0.0376. The lowest BCUT2D eigenvalue weighted by Crippen LogP contribution is -2.24. The fraction of sp³-hybridized carbons (Fsp3) is 0.269. The number of benzene rings is 1. The van der Waals surface area contributed by atoms with Gasteiger partial charge in [0, 0.05) is 35.0 Å². The molecule has 0 atom stereocenters. The Morgan fingerprint density at radius 1 is 1.00 bits per heavy atom. The van der Waals surface area contributed by atoms with Gasteiger partial charge < -0.3 is 0 Å². The number of hydrogen-bond donors (Lipinski definition) is 0. The molecule has 3 aromatic heterocycles. The highest BCUT2D eigenvalue weighted by molar-refractivity contribution is 6.10. The van der Waals surface area contributed by atoms with Crippen LogP contribution in [0.2, 0.25) is 0 Å². The first-order chi connectivity index (χ1) is 16.1. The maximum absolute atomic E-state index is 13.3. The normalized spacial score (nSPS) is 15.4. The van der Waals surface area contributed by atoms with Crippen LogP contribution in [-0.2, 0) is 6.54 Å². The molecule has 7 nitrogen and oxygen atoms in total. The average Bonchev–Trinajstić information content (AvgIpc) is 3.47. The summed E-state index contributed by atoms with van der Waals surface area (Å²) in [6.45, 7) is 4.60. The van der Waals surface area contributed by atoms with E-state index in [0.29, 0.717) is 29.8 Å². The van der Waals surface area contributed by atoms with Gasteiger partial charge in [-0.2, -0.15) is 5.10 Å². The molecular weight excluding hydrogens is 412 g/mol. The van der Waals surface area contributed by atoms with E-state index >= 15 is 0 Å². The summed E-state index contributed by atoms with van der Waals surface area (Å²) in [5.41, 5.74) is 5.62. The monoisotopic (exact) mass is 436 g/mol. The summed E-state index contributed by atoms with van der Waals surface area (Å²) in [5.74, 6) is 1.90. The number of nitrogens with zero attached hydrogens (tertiary/aromatic N) is 6. The molecule has 1 aliphatic heterocycles. The van der Waals surface area contributed by atoms with Gasteiger partial charge >= 0.3 is 0 Å². The van der Waals surface area contributed by atoms with E-state index < -0.39 is 0 Å². The molecule has 0 bridgehead atoms.